The number of hydrogen-bond acceptors (Lipinski definition) is 4. The third kappa shape index (κ3) is 5.22. The second-order valence-corrected chi connectivity index (χ2v) is 6.50. The molecule has 2 amide bonds. The zero-order valence-corrected chi connectivity index (χ0v) is 14.0. The van der Waals surface area contributed by atoms with Crippen molar-refractivity contribution >= 4 is 17.8 Å². The molecule has 0 aromatic carbocycles. The summed E-state index contributed by atoms with van der Waals surface area (Å²) in [6.07, 6.45) is 7.95. The van der Waals surface area contributed by atoms with Crippen molar-refractivity contribution in [2.75, 3.05) is 19.7 Å². The molecule has 1 saturated heterocycles. The van der Waals surface area contributed by atoms with Crippen molar-refractivity contribution in [3.8, 4) is 0 Å². The van der Waals surface area contributed by atoms with E-state index >= 15 is 0 Å². The van der Waals surface area contributed by atoms with Crippen molar-refractivity contribution in [1.82, 2.24) is 10.2 Å². The molecule has 1 N–H and O–H groups in total. The summed E-state index contributed by atoms with van der Waals surface area (Å²) in [6.45, 7) is 2.93. The van der Waals surface area contributed by atoms with Gasteiger partial charge >= 0.3 is 17.8 Å². The summed E-state index contributed by atoms with van der Waals surface area (Å²) in [4.78, 5) is 37.9. The highest BCUT2D eigenvalue weighted by Gasteiger charge is 2.32. The van der Waals surface area contributed by atoms with Crippen molar-refractivity contribution in [2.45, 2.75) is 64.3 Å². The Hall–Kier alpha value is -1.59. The van der Waals surface area contributed by atoms with Gasteiger partial charge < -0.3 is 15.0 Å². The summed E-state index contributed by atoms with van der Waals surface area (Å²) in [7, 11) is 0. The molecule has 0 aromatic heterocycles. The minimum atomic E-state index is -0.526. The van der Waals surface area contributed by atoms with Crippen LogP contribution in [0.2, 0.25) is 0 Å². The van der Waals surface area contributed by atoms with Crippen molar-refractivity contribution < 1.29 is 19.1 Å². The summed E-state index contributed by atoms with van der Waals surface area (Å²) in [6, 6.07) is 0.111. The van der Waals surface area contributed by atoms with Gasteiger partial charge in [0.15, 0.2) is 0 Å². The Morgan fingerprint density at radius 1 is 1.04 bits per heavy atom. The van der Waals surface area contributed by atoms with E-state index in [1.54, 1.807) is 6.92 Å². The average Bonchev–Trinajstić information content (AvgIpc) is 2.83. The highest BCUT2D eigenvalue weighted by Crippen LogP contribution is 2.19. The van der Waals surface area contributed by atoms with Gasteiger partial charge in [0.05, 0.1) is 12.5 Å². The Morgan fingerprint density at radius 2 is 1.74 bits per heavy atom. The standard InChI is InChI=1S/C17H28N2O4/c1-2-23-17(22)13-8-7-11-19(12-13)16(21)15(20)18-14-9-5-3-4-6-10-14/h13-14H,2-12H2,1H3,(H,18,20). The molecule has 1 heterocycles. The second kappa shape index (κ2) is 8.89. The Balaban J connectivity index is 1.85. The number of nitrogens with one attached hydrogen (secondary N) is 1. The molecule has 0 bridgehead atoms. The van der Waals surface area contributed by atoms with Crippen LogP contribution in [0.15, 0.2) is 0 Å². The van der Waals surface area contributed by atoms with Crippen LogP contribution < -0.4 is 5.32 Å². The van der Waals surface area contributed by atoms with Crippen molar-refractivity contribution in [3.05, 3.63) is 0 Å². The fourth-order valence-electron chi connectivity index (χ4n) is 3.43. The number of hydrogen-bond donors (Lipinski definition) is 1. The lowest BCUT2D eigenvalue weighted by Crippen LogP contribution is -2.50. The third-order valence-electron chi connectivity index (χ3n) is 4.71. The number of carbonyl (C=O) groups is 3. The van der Waals surface area contributed by atoms with Crippen molar-refractivity contribution in [1.29, 1.82) is 0 Å². The monoisotopic (exact) mass is 324 g/mol. The Kier molecular flexibility index (Phi) is 6.86. The van der Waals surface area contributed by atoms with Crippen LogP contribution in [0, 0.1) is 5.92 Å². The number of ether oxygens (including phenoxy) is 1. The summed E-state index contributed by atoms with van der Waals surface area (Å²) in [5.41, 5.74) is 0. The zero-order valence-electron chi connectivity index (χ0n) is 14.0. The molecule has 0 radical (unpaired) electrons. The predicted octanol–water partition coefficient (Wildman–Crippen LogP) is 1.63. The molecule has 6 nitrogen and oxygen atoms in total. The maximum absolute atomic E-state index is 12.3. The summed E-state index contributed by atoms with van der Waals surface area (Å²) >= 11 is 0. The van der Waals surface area contributed by atoms with E-state index in [2.05, 4.69) is 5.32 Å². The van der Waals surface area contributed by atoms with Crippen LogP contribution in [-0.2, 0) is 19.1 Å². The molecule has 6 heteroatoms. The Bertz CT molecular complexity index is 430. The number of amides is 2. The molecule has 0 spiro atoms. The molecule has 1 saturated carbocycles. The van der Waals surface area contributed by atoms with Gasteiger partial charge in [0.2, 0.25) is 0 Å². The molecular weight excluding hydrogens is 296 g/mol. The van der Waals surface area contributed by atoms with Gasteiger partial charge in [-0.3, -0.25) is 14.4 Å². The lowest BCUT2D eigenvalue weighted by molar-refractivity contribution is -0.154. The molecule has 2 rings (SSSR count). The lowest BCUT2D eigenvalue weighted by atomic mass is 9.98. The van der Waals surface area contributed by atoms with Gasteiger partial charge in [0.1, 0.15) is 0 Å². The maximum atomic E-state index is 12.3. The Labute approximate surface area is 137 Å². The fraction of sp³-hybridized carbons (Fsp3) is 0.824. The quantitative estimate of drug-likeness (QED) is 0.486. The van der Waals surface area contributed by atoms with E-state index in [4.69, 9.17) is 4.74 Å². The molecule has 1 atom stereocenters. The van der Waals surface area contributed by atoms with Gasteiger partial charge in [0, 0.05) is 19.1 Å². The number of esters is 1. The molecule has 23 heavy (non-hydrogen) atoms. The van der Waals surface area contributed by atoms with E-state index in [0.29, 0.717) is 19.6 Å². The number of carbonyl (C=O) groups excluding carboxylic acids is 3. The second-order valence-electron chi connectivity index (χ2n) is 6.50. The number of likely N-dealkylation sites (tertiary alicyclic amines) is 1. The van der Waals surface area contributed by atoms with Crippen LogP contribution in [-0.4, -0.2) is 48.4 Å². The fourth-order valence-corrected chi connectivity index (χ4v) is 3.43. The van der Waals surface area contributed by atoms with Crippen LogP contribution >= 0.6 is 0 Å². The van der Waals surface area contributed by atoms with E-state index in [9.17, 15) is 14.4 Å². The van der Waals surface area contributed by atoms with Gasteiger partial charge in [-0.15, -0.1) is 0 Å². The van der Waals surface area contributed by atoms with Gasteiger partial charge in [0.25, 0.3) is 0 Å². The van der Waals surface area contributed by atoms with Crippen molar-refractivity contribution in [3.63, 3.8) is 0 Å². The van der Waals surface area contributed by atoms with E-state index in [1.807, 2.05) is 0 Å². The highest BCUT2D eigenvalue weighted by atomic mass is 16.5. The topological polar surface area (TPSA) is 75.7 Å². The molecule has 0 aromatic rings. The average molecular weight is 324 g/mol. The SMILES string of the molecule is CCOC(=O)C1CCCN(C(=O)C(=O)NC2CCCCCC2)C1. The summed E-state index contributed by atoms with van der Waals surface area (Å²) < 4.78 is 5.03. The smallest absolute Gasteiger partial charge is 0.311 e. The first-order valence-electron chi connectivity index (χ1n) is 8.88. The van der Waals surface area contributed by atoms with E-state index < -0.39 is 11.8 Å². The number of nitrogens with zero attached hydrogens (tertiary/aromatic N) is 1. The molecule has 2 fully saturated rings. The van der Waals surface area contributed by atoms with E-state index in [-0.39, 0.29) is 24.5 Å². The number of piperidine rings is 1. The van der Waals surface area contributed by atoms with Crippen molar-refractivity contribution in [2.24, 2.45) is 5.92 Å². The first kappa shape index (κ1) is 17.8. The third-order valence-corrected chi connectivity index (χ3v) is 4.71. The van der Waals surface area contributed by atoms with Gasteiger partial charge in [-0.2, -0.15) is 0 Å². The van der Waals surface area contributed by atoms with E-state index in [1.165, 1.54) is 17.7 Å². The molecule has 1 unspecified atom stereocenters. The molecule has 130 valence electrons. The van der Waals surface area contributed by atoms with Crippen LogP contribution in [0.5, 0.6) is 0 Å². The molecule has 1 aliphatic heterocycles. The number of rotatable bonds is 3. The largest absolute Gasteiger partial charge is 0.466 e. The van der Waals surface area contributed by atoms with Gasteiger partial charge in [-0.25, -0.2) is 0 Å². The molecular formula is C17H28N2O4. The minimum absolute atomic E-state index is 0.111. The predicted molar refractivity (Wildman–Crippen MR) is 85.6 cm³/mol. The maximum Gasteiger partial charge on any atom is 0.311 e. The normalized spacial score (nSPS) is 23.0. The minimum Gasteiger partial charge on any atom is -0.466 e. The Morgan fingerprint density at radius 3 is 2.39 bits per heavy atom. The van der Waals surface area contributed by atoms with Gasteiger partial charge in [-0.1, -0.05) is 25.7 Å². The molecule has 1 aliphatic carbocycles. The first-order valence-corrected chi connectivity index (χ1v) is 8.88. The summed E-state index contributed by atoms with van der Waals surface area (Å²) in [5, 5.41) is 2.88. The van der Waals surface area contributed by atoms with Crippen LogP contribution in [0.3, 0.4) is 0 Å². The van der Waals surface area contributed by atoms with Crippen LogP contribution in [0.1, 0.15) is 58.3 Å². The van der Waals surface area contributed by atoms with Crippen LogP contribution in [0.4, 0.5) is 0 Å². The molecule has 2 aliphatic rings. The lowest BCUT2D eigenvalue weighted by Gasteiger charge is -2.31. The zero-order chi connectivity index (χ0) is 16.7. The highest BCUT2D eigenvalue weighted by molar-refractivity contribution is 6.35. The first-order chi connectivity index (χ1) is 11.1. The summed E-state index contributed by atoms with van der Waals surface area (Å²) in [5.74, 6) is -1.61. The van der Waals surface area contributed by atoms with E-state index in [0.717, 1.165) is 32.1 Å². The van der Waals surface area contributed by atoms with Gasteiger partial charge in [-0.05, 0) is 32.6 Å². The van der Waals surface area contributed by atoms with Crippen LogP contribution in [0.25, 0.3) is 0 Å².